The fourth-order valence-corrected chi connectivity index (χ4v) is 5.48. The average Bonchev–Trinajstić information content (AvgIpc) is 3.61. The molecule has 1 saturated heterocycles. The number of benzene rings is 1. The highest BCUT2D eigenvalue weighted by Crippen LogP contribution is 2.28. The van der Waals surface area contributed by atoms with Crippen molar-refractivity contribution >= 4 is 34.0 Å². The summed E-state index contributed by atoms with van der Waals surface area (Å²) in [4.78, 5) is 24.6. The molecule has 35 heavy (non-hydrogen) atoms. The van der Waals surface area contributed by atoms with Gasteiger partial charge in [-0.05, 0) is 63.1 Å². The van der Waals surface area contributed by atoms with Gasteiger partial charge in [0.15, 0.2) is 0 Å². The molecule has 0 spiro atoms. The molecule has 3 aromatic heterocycles. The molecule has 182 valence electrons. The standard InChI is InChI=1S/C27H31N5O2S/c1-18-6-8-24-20(13-18)14-21(26(29-24)31(3)16-22-10-11-28-30-22)15-32(17-23-5-4-12-34-23)27(33)25-9-7-19(2)35-25/h6-11,13-14,23H,4-5,12,15-17H2,1-3H3,(H,28,30). The molecule has 1 atom stereocenters. The Kier molecular flexibility index (Phi) is 6.83. The number of aromatic nitrogens is 3. The molecule has 1 aromatic carbocycles. The average molecular weight is 490 g/mol. The van der Waals surface area contributed by atoms with Gasteiger partial charge < -0.3 is 14.5 Å². The number of H-pyrrole nitrogens is 1. The summed E-state index contributed by atoms with van der Waals surface area (Å²) in [5.74, 6) is 0.911. The smallest absolute Gasteiger partial charge is 0.264 e. The monoisotopic (exact) mass is 489 g/mol. The van der Waals surface area contributed by atoms with Crippen LogP contribution in [0.5, 0.6) is 0 Å². The third-order valence-electron chi connectivity index (χ3n) is 6.40. The van der Waals surface area contributed by atoms with Crippen LogP contribution in [0.15, 0.2) is 48.7 Å². The Morgan fingerprint density at radius 1 is 1.17 bits per heavy atom. The molecule has 1 aliphatic rings. The number of pyridine rings is 1. The zero-order valence-corrected chi connectivity index (χ0v) is 21.3. The molecule has 1 aliphatic heterocycles. The second-order valence-corrected chi connectivity index (χ2v) is 10.6. The van der Waals surface area contributed by atoms with E-state index in [1.807, 2.05) is 37.1 Å². The number of anilines is 1. The Balaban J connectivity index is 1.52. The number of amides is 1. The lowest BCUT2D eigenvalue weighted by Gasteiger charge is -2.28. The third kappa shape index (κ3) is 5.39. The van der Waals surface area contributed by atoms with Gasteiger partial charge in [-0.25, -0.2) is 4.98 Å². The SMILES string of the molecule is Cc1ccc2nc(N(C)Cc3ccn[nH]3)c(CN(CC3CCCO3)C(=O)c3ccc(C)s3)cc2c1. The van der Waals surface area contributed by atoms with Gasteiger partial charge in [0, 0.05) is 48.8 Å². The molecule has 7 nitrogen and oxygen atoms in total. The molecule has 1 amide bonds. The van der Waals surface area contributed by atoms with Crippen LogP contribution in [0, 0.1) is 13.8 Å². The molecule has 0 aliphatic carbocycles. The molecule has 0 saturated carbocycles. The van der Waals surface area contributed by atoms with Crippen molar-refractivity contribution in [2.24, 2.45) is 0 Å². The van der Waals surface area contributed by atoms with E-state index in [1.54, 1.807) is 17.5 Å². The second-order valence-electron chi connectivity index (χ2n) is 9.34. The van der Waals surface area contributed by atoms with Gasteiger partial charge in [-0.1, -0.05) is 11.6 Å². The van der Waals surface area contributed by atoms with E-state index in [1.165, 1.54) is 5.56 Å². The molecule has 1 fully saturated rings. The number of carbonyl (C=O) groups excluding carboxylic acids is 1. The van der Waals surface area contributed by atoms with Crippen molar-refractivity contribution in [3.63, 3.8) is 0 Å². The van der Waals surface area contributed by atoms with Gasteiger partial charge >= 0.3 is 0 Å². The van der Waals surface area contributed by atoms with Crippen LogP contribution in [0.1, 0.15) is 44.2 Å². The number of carbonyl (C=O) groups is 1. The minimum Gasteiger partial charge on any atom is -0.376 e. The van der Waals surface area contributed by atoms with Gasteiger partial charge in [0.05, 0.1) is 28.7 Å². The maximum atomic E-state index is 13.6. The van der Waals surface area contributed by atoms with E-state index >= 15 is 0 Å². The lowest BCUT2D eigenvalue weighted by Crippen LogP contribution is -2.37. The summed E-state index contributed by atoms with van der Waals surface area (Å²) in [6.45, 7) is 6.56. The Labute approximate surface area is 209 Å². The number of hydrogen-bond acceptors (Lipinski definition) is 6. The Morgan fingerprint density at radius 2 is 2.06 bits per heavy atom. The van der Waals surface area contributed by atoms with Gasteiger partial charge in [0.25, 0.3) is 5.91 Å². The van der Waals surface area contributed by atoms with E-state index in [0.29, 0.717) is 19.6 Å². The number of aryl methyl sites for hydroxylation is 2. The fourth-order valence-electron chi connectivity index (χ4n) is 4.64. The van der Waals surface area contributed by atoms with Gasteiger partial charge in [0.1, 0.15) is 5.82 Å². The van der Waals surface area contributed by atoms with Gasteiger partial charge in [-0.15, -0.1) is 11.3 Å². The fraction of sp³-hybridized carbons (Fsp3) is 0.370. The Morgan fingerprint density at radius 3 is 2.77 bits per heavy atom. The molecule has 5 rings (SSSR count). The number of rotatable bonds is 8. The first-order valence-electron chi connectivity index (χ1n) is 12.0. The van der Waals surface area contributed by atoms with Crippen LogP contribution in [0.25, 0.3) is 10.9 Å². The molecular weight excluding hydrogens is 458 g/mol. The summed E-state index contributed by atoms with van der Waals surface area (Å²) < 4.78 is 5.92. The number of hydrogen-bond donors (Lipinski definition) is 1. The Hall–Kier alpha value is -3.23. The largest absolute Gasteiger partial charge is 0.376 e. The first-order chi connectivity index (χ1) is 17.0. The molecule has 0 bridgehead atoms. The Bertz CT molecular complexity index is 1310. The van der Waals surface area contributed by atoms with Crippen molar-refractivity contribution in [2.45, 2.75) is 45.9 Å². The molecule has 4 aromatic rings. The van der Waals surface area contributed by atoms with Crippen molar-refractivity contribution < 1.29 is 9.53 Å². The zero-order valence-electron chi connectivity index (χ0n) is 20.5. The topological polar surface area (TPSA) is 74.3 Å². The number of thiophene rings is 1. The van der Waals surface area contributed by atoms with Crippen molar-refractivity contribution in [2.75, 3.05) is 25.1 Å². The quantitative estimate of drug-likeness (QED) is 0.373. The van der Waals surface area contributed by atoms with Crippen molar-refractivity contribution in [3.8, 4) is 0 Å². The van der Waals surface area contributed by atoms with Crippen LogP contribution < -0.4 is 4.90 Å². The molecule has 1 unspecified atom stereocenters. The maximum absolute atomic E-state index is 13.6. The molecule has 4 heterocycles. The number of nitrogens with zero attached hydrogens (tertiary/aromatic N) is 4. The normalized spacial score (nSPS) is 15.6. The lowest BCUT2D eigenvalue weighted by molar-refractivity contribution is 0.0511. The van der Waals surface area contributed by atoms with Crippen LogP contribution >= 0.6 is 11.3 Å². The lowest BCUT2D eigenvalue weighted by atomic mass is 10.1. The van der Waals surface area contributed by atoms with Crippen LogP contribution in [-0.2, 0) is 17.8 Å². The van der Waals surface area contributed by atoms with Crippen molar-refractivity contribution in [1.29, 1.82) is 0 Å². The maximum Gasteiger partial charge on any atom is 0.264 e. The van der Waals surface area contributed by atoms with Gasteiger partial charge in [0.2, 0.25) is 0 Å². The summed E-state index contributed by atoms with van der Waals surface area (Å²) in [6.07, 6.45) is 3.85. The molecule has 8 heteroatoms. The van der Waals surface area contributed by atoms with Crippen LogP contribution in [0.4, 0.5) is 5.82 Å². The zero-order chi connectivity index (χ0) is 24.4. The van der Waals surface area contributed by atoms with Crippen LogP contribution in [0.2, 0.25) is 0 Å². The van der Waals surface area contributed by atoms with Crippen LogP contribution in [0.3, 0.4) is 0 Å². The summed E-state index contributed by atoms with van der Waals surface area (Å²) in [6, 6.07) is 14.4. The highest BCUT2D eigenvalue weighted by Gasteiger charge is 2.26. The summed E-state index contributed by atoms with van der Waals surface area (Å²) >= 11 is 1.54. The highest BCUT2D eigenvalue weighted by molar-refractivity contribution is 7.13. The van der Waals surface area contributed by atoms with E-state index in [4.69, 9.17) is 9.72 Å². The number of fused-ring (bicyclic) bond motifs is 1. The second kappa shape index (κ2) is 10.2. The van der Waals surface area contributed by atoms with E-state index < -0.39 is 0 Å². The van der Waals surface area contributed by atoms with E-state index in [2.05, 4.69) is 46.3 Å². The minimum atomic E-state index is 0.0464. The third-order valence-corrected chi connectivity index (χ3v) is 7.39. The number of nitrogens with one attached hydrogen (secondary N) is 1. The van der Waals surface area contributed by atoms with E-state index in [-0.39, 0.29) is 12.0 Å². The first-order valence-corrected chi connectivity index (χ1v) is 12.8. The summed E-state index contributed by atoms with van der Waals surface area (Å²) in [5, 5.41) is 8.19. The van der Waals surface area contributed by atoms with Crippen molar-refractivity contribution in [1.82, 2.24) is 20.1 Å². The summed E-state index contributed by atoms with van der Waals surface area (Å²) in [7, 11) is 2.03. The summed E-state index contributed by atoms with van der Waals surface area (Å²) in [5.41, 5.74) is 4.15. The number of ether oxygens (including phenoxy) is 1. The van der Waals surface area contributed by atoms with Gasteiger partial charge in [-0.2, -0.15) is 5.10 Å². The molecule has 1 N–H and O–H groups in total. The van der Waals surface area contributed by atoms with E-state index in [0.717, 1.165) is 57.2 Å². The number of aromatic amines is 1. The predicted octanol–water partition coefficient (Wildman–Crippen LogP) is 5.09. The predicted molar refractivity (Wildman–Crippen MR) is 140 cm³/mol. The molecule has 0 radical (unpaired) electrons. The van der Waals surface area contributed by atoms with Crippen LogP contribution in [-0.4, -0.2) is 52.3 Å². The molecular formula is C27H31N5O2S. The first kappa shape index (κ1) is 23.5. The van der Waals surface area contributed by atoms with E-state index in [9.17, 15) is 4.79 Å². The minimum absolute atomic E-state index is 0.0464. The highest BCUT2D eigenvalue weighted by atomic mass is 32.1. The van der Waals surface area contributed by atoms with Gasteiger partial charge in [-0.3, -0.25) is 9.89 Å². The van der Waals surface area contributed by atoms with Crippen molar-refractivity contribution in [3.05, 3.63) is 75.2 Å².